The maximum atomic E-state index is 11.5. The van der Waals surface area contributed by atoms with E-state index in [2.05, 4.69) is 19.1 Å². The van der Waals surface area contributed by atoms with Crippen molar-refractivity contribution in [1.82, 2.24) is 0 Å². The third kappa shape index (κ3) is 2.55. The van der Waals surface area contributed by atoms with Crippen molar-refractivity contribution in [2.45, 2.75) is 45.6 Å². The van der Waals surface area contributed by atoms with Crippen molar-refractivity contribution < 1.29 is 19.0 Å². The van der Waals surface area contributed by atoms with E-state index in [9.17, 15) is 4.79 Å². The lowest BCUT2D eigenvalue weighted by atomic mass is 9.61. The highest BCUT2D eigenvalue weighted by molar-refractivity contribution is 5.80. The number of ether oxygens (including phenoxy) is 3. The van der Waals surface area contributed by atoms with Crippen LogP contribution in [0, 0.1) is 5.41 Å². The first-order valence-electron chi connectivity index (χ1n) is 8.94. The molecule has 2 atom stereocenters. The number of rotatable bonds is 2. The number of esters is 1. The first-order chi connectivity index (χ1) is 12.0. The summed E-state index contributed by atoms with van der Waals surface area (Å²) < 4.78 is 17.1. The van der Waals surface area contributed by atoms with E-state index in [1.807, 2.05) is 12.1 Å². The number of methoxy groups -OCH3 is 1. The molecule has 0 aromatic heterocycles. The molecule has 1 aliphatic heterocycles. The van der Waals surface area contributed by atoms with Gasteiger partial charge in [-0.1, -0.05) is 13.0 Å². The maximum Gasteiger partial charge on any atom is 0.302 e. The molecular formula is C21H24O4. The Morgan fingerprint density at radius 1 is 1.32 bits per heavy atom. The van der Waals surface area contributed by atoms with Crippen LogP contribution in [0.3, 0.4) is 0 Å². The van der Waals surface area contributed by atoms with Crippen LogP contribution in [0.4, 0.5) is 0 Å². The lowest BCUT2D eigenvalue weighted by Gasteiger charge is -2.47. The molecule has 132 valence electrons. The minimum absolute atomic E-state index is 0.0451. The van der Waals surface area contributed by atoms with Crippen molar-refractivity contribution in [3.8, 4) is 11.5 Å². The van der Waals surface area contributed by atoms with Crippen LogP contribution < -0.4 is 9.47 Å². The number of hydrogen-bond acceptors (Lipinski definition) is 4. The molecule has 25 heavy (non-hydrogen) atoms. The molecule has 1 heterocycles. The zero-order chi connectivity index (χ0) is 17.6. The average Bonchev–Trinajstić information content (AvgIpc) is 2.61. The van der Waals surface area contributed by atoms with Crippen molar-refractivity contribution in [2.75, 3.05) is 13.7 Å². The van der Waals surface area contributed by atoms with Crippen LogP contribution in [0.25, 0.3) is 5.57 Å². The first-order valence-corrected chi connectivity index (χ1v) is 8.94. The molecule has 0 radical (unpaired) electrons. The number of benzene rings is 1. The van der Waals surface area contributed by atoms with Crippen molar-refractivity contribution >= 4 is 11.5 Å². The summed E-state index contributed by atoms with van der Waals surface area (Å²) in [5.41, 5.74) is 5.02. The van der Waals surface area contributed by atoms with Crippen LogP contribution in [0.15, 0.2) is 35.4 Å². The van der Waals surface area contributed by atoms with Gasteiger partial charge in [-0.15, -0.1) is 0 Å². The highest BCUT2D eigenvalue weighted by Gasteiger charge is 2.46. The van der Waals surface area contributed by atoms with Gasteiger partial charge in [-0.3, -0.25) is 4.79 Å². The van der Waals surface area contributed by atoms with E-state index in [0.717, 1.165) is 37.2 Å². The lowest BCUT2D eigenvalue weighted by Crippen LogP contribution is -2.43. The Bertz CT molecular complexity index is 789. The van der Waals surface area contributed by atoms with E-state index >= 15 is 0 Å². The van der Waals surface area contributed by atoms with E-state index in [-0.39, 0.29) is 17.5 Å². The van der Waals surface area contributed by atoms with Gasteiger partial charge in [0.25, 0.3) is 0 Å². The summed E-state index contributed by atoms with van der Waals surface area (Å²) in [6, 6.07) is 6.05. The van der Waals surface area contributed by atoms with Crippen molar-refractivity contribution in [1.29, 1.82) is 0 Å². The fraction of sp³-hybridized carbons (Fsp3) is 0.476. The van der Waals surface area contributed by atoms with E-state index in [1.54, 1.807) is 7.11 Å². The SMILES string of the molecule is COc1ccc2c(c1)OCC1=C2CC[C@@]2(C)C1=CCC[C@@H]2OC(C)=O. The number of carbonyl (C=O) groups excluding carboxylic acids is 1. The minimum Gasteiger partial charge on any atom is -0.497 e. The van der Waals surface area contributed by atoms with Gasteiger partial charge in [-0.05, 0) is 54.5 Å². The second-order valence-electron chi connectivity index (χ2n) is 7.32. The number of fused-ring (bicyclic) bond motifs is 4. The number of carbonyl (C=O) groups is 1. The van der Waals surface area contributed by atoms with Gasteiger partial charge in [0, 0.05) is 24.0 Å². The fourth-order valence-corrected chi connectivity index (χ4v) is 4.57. The molecule has 1 aromatic rings. The van der Waals surface area contributed by atoms with Crippen molar-refractivity contribution in [3.63, 3.8) is 0 Å². The molecule has 4 nitrogen and oxygen atoms in total. The monoisotopic (exact) mass is 340 g/mol. The summed E-state index contributed by atoms with van der Waals surface area (Å²) in [6.45, 7) is 4.31. The summed E-state index contributed by atoms with van der Waals surface area (Å²) in [4.78, 5) is 11.5. The van der Waals surface area contributed by atoms with Gasteiger partial charge in [0.15, 0.2) is 0 Å². The van der Waals surface area contributed by atoms with E-state index in [4.69, 9.17) is 14.2 Å². The molecular weight excluding hydrogens is 316 g/mol. The summed E-state index contributed by atoms with van der Waals surface area (Å²) in [7, 11) is 1.67. The third-order valence-corrected chi connectivity index (χ3v) is 5.88. The predicted molar refractivity (Wildman–Crippen MR) is 95.6 cm³/mol. The fourth-order valence-electron chi connectivity index (χ4n) is 4.57. The van der Waals surface area contributed by atoms with Gasteiger partial charge in [0.1, 0.15) is 24.2 Å². The zero-order valence-corrected chi connectivity index (χ0v) is 15.1. The standard InChI is InChI=1S/C21H24O4/c1-13(22)25-20-6-4-5-18-17-12-24-19-11-14(23-3)7-8-16(19)15(17)9-10-21(18,20)2/h5,7-8,11,20H,4,6,9-10,12H2,1-3H3/t20-,21-/m0/s1. The molecule has 0 unspecified atom stereocenters. The molecule has 0 spiro atoms. The first kappa shape index (κ1) is 16.2. The predicted octanol–water partition coefficient (Wildman–Crippen LogP) is 4.29. The van der Waals surface area contributed by atoms with Crippen molar-refractivity contribution in [2.24, 2.45) is 5.41 Å². The zero-order valence-electron chi connectivity index (χ0n) is 15.1. The molecule has 0 amide bonds. The quantitative estimate of drug-likeness (QED) is 0.753. The third-order valence-electron chi connectivity index (χ3n) is 5.88. The van der Waals surface area contributed by atoms with E-state index < -0.39 is 0 Å². The molecule has 3 aliphatic rings. The Morgan fingerprint density at radius 2 is 2.16 bits per heavy atom. The van der Waals surface area contributed by atoms with Gasteiger partial charge in [0.2, 0.25) is 0 Å². The summed E-state index contributed by atoms with van der Waals surface area (Å²) >= 11 is 0. The molecule has 4 heteroatoms. The van der Waals surface area contributed by atoms with Gasteiger partial charge >= 0.3 is 5.97 Å². The topological polar surface area (TPSA) is 44.8 Å². The Kier molecular flexibility index (Phi) is 3.86. The van der Waals surface area contributed by atoms with Crippen LogP contribution in [-0.4, -0.2) is 25.8 Å². The smallest absolute Gasteiger partial charge is 0.302 e. The van der Waals surface area contributed by atoms with Crippen LogP contribution in [0.5, 0.6) is 11.5 Å². The van der Waals surface area contributed by atoms with E-state index in [0.29, 0.717) is 6.61 Å². The minimum atomic E-state index is -0.190. The van der Waals surface area contributed by atoms with Crippen LogP contribution in [-0.2, 0) is 9.53 Å². The highest BCUT2D eigenvalue weighted by atomic mass is 16.5. The summed E-state index contributed by atoms with van der Waals surface area (Å²) in [5, 5.41) is 0. The Labute approximate surface area is 148 Å². The number of hydrogen-bond donors (Lipinski definition) is 0. The maximum absolute atomic E-state index is 11.5. The lowest BCUT2D eigenvalue weighted by molar-refractivity contribution is -0.152. The molecule has 2 aliphatic carbocycles. The molecule has 0 fully saturated rings. The normalized spacial score (nSPS) is 27.3. The second kappa shape index (κ2) is 5.94. The van der Waals surface area contributed by atoms with Crippen LogP contribution >= 0.6 is 0 Å². The number of allylic oxidation sites excluding steroid dienone is 2. The van der Waals surface area contributed by atoms with Crippen LogP contribution in [0.1, 0.15) is 45.1 Å². The molecule has 1 aromatic carbocycles. The molecule has 0 saturated heterocycles. The molecule has 0 N–H and O–H groups in total. The Morgan fingerprint density at radius 3 is 2.92 bits per heavy atom. The summed E-state index contributed by atoms with van der Waals surface area (Å²) in [6.07, 6.45) is 6.08. The molecule has 4 rings (SSSR count). The van der Waals surface area contributed by atoms with Crippen molar-refractivity contribution in [3.05, 3.63) is 41.0 Å². The average molecular weight is 340 g/mol. The van der Waals surface area contributed by atoms with Gasteiger partial charge in [-0.2, -0.15) is 0 Å². The second-order valence-corrected chi connectivity index (χ2v) is 7.32. The van der Waals surface area contributed by atoms with Gasteiger partial charge in [-0.25, -0.2) is 0 Å². The highest BCUT2D eigenvalue weighted by Crippen LogP contribution is 2.54. The van der Waals surface area contributed by atoms with Crippen LogP contribution in [0.2, 0.25) is 0 Å². The Balaban J connectivity index is 1.76. The van der Waals surface area contributed by atoms with Gasteiger partial charge < -0.3 is 14.2 Å². The largest absolute Gasteiger partial charge is 0.497 e. The Hall–Kier alpha value is -2.23. The molecule has 0 saturated carbocycles. The molecule has 0 bridgehead atoms. The summed E-state index contributed by atoms with van der Waals surface area (Å²) in [5.74, 6) is 1.52. The van der Waals surface area contributed by atoms with E-state index in [1.165, 1.54) is 29.2 Å². The van der Waals surface area contributed by atoms with Gasteiger partial charge in [0.05, 0.1) is 7.11 Å².